The zero-order valence-corrected chi connectivity index (χ0v) is 18.9. The molecule has 5 rings (SSSR count). The maximum atomic E-state index is 12.3. The van der Waals surface area contributed by atoms with Crippen molar-refractivity contribution in [3.8, 4) is 0 Å². The molecule has 1 saturated heterocycles. The lowest BCUT2D eigenvalue weighted by atomic mass is 10.2. The van der Waals surface area contributed by atoms with E-state index in [9.17, 15) is 4.79 Å². The second-order valence-corrected chi connectivity index (χ2v) is 8.45. The van der Waals surface area contributed by atoms with E-state index in [1.54, 1.807) is 12.1 Å². The molecule has 1 fully saturated rings. The van der Waals surface area contributed by atoms with Gasteiger partial charge < -0.3 is 14.3 Å². The number of carbonyl (C=O) groups excluding carboxylic acids is 1. The van der Waals surface area contributed by atoms with E-state index in [4.69, 9.17) is 9.40 Å². The van der Waals surface area contributed by atoms with Crippen molar-refractivity contribution >= 4 is 22.6 Å². The minimum atomic E-state index is -0.261. The highest BCUT2D eigenvalue weighted by Crippen LogP contribution is 2.22. The third kappa shape index (κ3) is 4.84. The number of aryl methyl sites for hydroxylation is 1. The SMILES string of the molecule is CCn1c(CN2CCN(Cc3ccccc3)CC2)nc2cc(NC(=O)c3ccco3)ccc21. The lowest BCUT2D eigenvalue weighted by Gasteiger charge is -2.34. The number of fused-ring (bicyclic) bond motifs is 1. The van der Waals surface area contributed by atoms with Gasteiger partial charge in [0.15, 0.2) is 5.76 Å². The molecule has 1 amide bonds. The Morgan fingerprint density at radius 1 is 0.970 bits per heavy atom. The summed E-state index contributed by atoms with van der Waals surface area (Å²) in [6.07, 6.45) is 1.49. The first-order valence-electron chi connectivity index (χ1n) is 11.5. The number of hydrogen-bond acceptors (Lipinski definition) is 5. The lowest BCUT2D eigenvalue weighted by molar-refractivity contribution is 0.0996. The number of amides is 1. The van der Waals surface area contributed by atoms with Crippen molar-refractivity contribution < 1.29 is 9.21 Å². The minimum absolute atomic E-state index is 0.261. The largest absolute Gasteiger partial charge is 0.459 e. The highest BCUT2D eigenvalue weighted by molar-refractivity contribution is 6.03. The number of rotatable bonds is 7. The van der Waals surface area contributed by atoms with Gasteiger partial charge in [-0.1, -0.05) is 30.3 Å². The molecule has 170 valence electrons. The van der Waals surface area contributed by atoms with Crippen molar-refractivity contribution in [1.29, 1.82) is 0 Å². The van der Waals surface area contributed by atoms with Crippen LogP contribution in [0.3, 0.4) is 0 Å². The molecule has 1 aliphatic heterocycles. The van der Waals surface area contributed by atoms with E-state index in [1.807, 2.05) is 18.2 Å². The predicted molar refractivity (Wildman–Crippen MR) is 129 cm³/mol. The Balaban J connectivity index is 1.25. The average molecular weight is 444 g/mol. The van der Waals surface area contributed by atoms with Crippen LogP contribution in [0.15, 0.2) is 71.3 Å². The molecule has 2 aromatic heterocycles. The summed E-state index contributed by atoms with van der Waals surface area (Å²) >= 11 is 0. The molecule has 2 aromatic carbocycles. The summed E-state index contributed by atoms with van der Waals surface area (Å²) in [7, 11) is 0. The fourth-order valence-electron chi connectivity index (χ4n) is 4.48. The molecule has 1 aliphatic rings. The van der Waals surface area contributed by atoms with Crippen molar-refractivity contribution in [2.45, 2.75) is 26.6 Å². The van der Waals surface area contributed by atoms with Crippen LogP contribution in [0.4, 0.5) is 5.69 Å². The number of imidazole rings is 1. The van der Waals surface area contributed by atoms with E-state index < -0.39 is 0 Å². The second kappa shape index (κ2) is 9.60. The van der Waals surface area contributed by atoms with Gasteiger partial charge in [0.1, 0.15) is 5.82 Å². The van der Waals surface area contributed by atoms with Crippen molar-refractivity contribution in [2.24, 2.45) is 0 Å². The molecular formula is C26H29N5O2. The Morgan fingerprint density at radius 3 is 2.42 bits per heavy atom. The van der Waals surface area contributed by atoms with E-state index in [-0.39, 0.29) is 5.91 Å². The van der Waals surface area contributed by atoms with Crippen molar-refractivity contribution in [1.82, 2.24) is 19.4 Å². The van der Waals surface area contributed by atoms with Gasteiger partial charge in [-0.3, -0.25) is 14.6 Å². The zero-order valence-electron chi connectivity index (χ0n) is 18.9. The number of hydrogen-bond donors (Lipinski definition) is 1. The number of carbonyl (C=O) groups is 1. The van der Waals surface area contributed by atoms with Crippen molar-refractivity contribution in [3.63, 3.8) is 0 Å². The third-order valence-electron chi connectivity index (χ3n) is 6.23. The molecule has 7 nitrogen and oxygen atoms in total. The summed E-state index contributed by atoms with van der Waals surface area (Å²) in [6, 6.07) is 19.9. The smallest absolute Gasteiger partial charge is 0.291 e. The molecule has 4 aromatic rings. The molecule has 0 atom stereocenters. The monoisotopic (exact) mass is 443 g/mol. The van der Waals surface area contributed by atoms with Gasteiger partial charge in [0, 0.05) is 45.0 Å². The van der Waals surface area contributed by atoms with Crippen LogP contribution in [0.2, 0.25) is 0 Å². The first-order valence-corrected chi connectivity index (χ1v) is 11.5. The van der Waals surface area contributed by atoms with Gasteiger partial charge in [-0.15, -0.1) is 0 Å². The van der Waals surface area contributed by atoms with Gasteiger partial charge in [0.25, 0.3) is 5.91 Å². The van der Waals surface area contributed by atoms with Gasteiger partial charge in [0.2, 0.25) is 0 Å². The first kappa shape index (κ1) is 21.4. The Hall–Kier alpha value is -3.42. The van der Waals surface area contributed by atoms with Crippen LogP contribution in [0.5, 0.6) is 0 Å². The Bertz CT molecular complexity index is 1210. The number of nitrogens with one attached hydrogen (secondary N) is 1. The van der Waals surface area contributed by atoms with E-state index >= 15 is 0 Å². The summed E-state index contributed by atoms with van der Waals surface area (Å²) < 4.78 is 7.45. The molecule has 0 saturated carbocycles. The van der Waals surface area contributed by atoms with E-state index in [2.05, 4.69) is 56.9 Å². The molecule has 0 aliphatic carbocycles. The topological polar surface area (TPSA) is 66.5 Å². The first-order chi connectivity index (χ1) is 16.2. The summed E-state index contributed by atoms with van der Waals surface area (Å²) in [6.45, 7) is 9.03. The number of anilines is 1. The fraction of sp³-hybridized carbons (Fsp3) is 0.308. The normalized spacial score (nSPS) is 15.2. The van der Waals surface area contributed by atoms with Crippen LogP contribution < -0.4 is 5.32 Å². The van der Waals surface area contributed by atoms with Gasteiger partial charge in [0.05, 0.1) is 23.8 Å². The van der Waals surface area contributed by atoms with Crippen LogP contribution in [-0.2, 0) is 19.6 Å². The maximum absolute atomic E-state index is 12.3. The zero-order chi connectivity index (χ0) is 22.6. The van der Waals surface area contributed by atoms with E-state index in [0.717, 1.165) is 62.7 Å². The Kier molecular flexibility index (Phi) is 6.24. The van der Waals surface area contributed by atoms with Crippen LogP contribution in [0.1, 0.15) is 28.9 Å². The quantitative estimate of drug-likeness (QED) is 0.463. The number of benzene rings is 2. The summed E-state index contributed by atoms with van der Waals surface area (Å²) in [5.41, 5.74) is 4.07. The molecule has 7 heteroatoms. The van der Waals surface area contributed by atoms with Gasteiger partial charge >= 0.3 is 0 Å². The Morgan fingerprint density at radius 2 is 1.73 bits per heavy atom. The van der Waals surface area contributed by atoms with Gasteiger partial charge in [-0.05, 0) is 42.8 Å². The summed E-state index contributed by atoms with van der Waals surface area (Å²) in [5, 5.41) is 2.89. The average Bonchev–Trinajstić information content (AvgIpc) is 3.49. The van der Waals surface area contributed by atoms with Crippen molar-refractivity contribution in [2.75, 3.05) is 31.5 Å². The number of furan rings is 1. The molecule has 0 unspecified atom stereocenters. The standard InChI is InChI=1S/C26H29N5O2/c1-2-31-23-11-10-21(27-26(32)24-9-6-16-33-24)17-22(23)28-25(31)19-30-14-12-29(13-15-30)18-20-7-4-3-5-8-20/h3-11,16-17H,2,12-15,18-19H2,1H3,(H,27,32). The van der Waals surface area contributed by atoms with E-state index in [0.29, 0.717) is 11.4 Å². The molecule has 0 radical (unpaired) electrons. The van der Waals surface area contributed by atoms with Gasteiger partial charge in [-0.2, -0.15) is 0 Å². The summed E-state index contributed by atoms with van der Waals surface area (Å²) in [5.74, 6) is 1.10. The highest BCUT2D eigenvalue weighted by Gasteiger charge is 2.20. The molecule has 3 heterocycles. The van der Waals surface area contributed by atoms with Gasteiger partial charge in [-0.25, -0.2) is 4.98 Å². The second-order valence-electron chi connectivity index (χ2n) is 8.45. The van der Waals surface area contributed by atoms with E-state index in [1.165, 1.54) is 11.8 Å². The molecule has 33 heavy (non-hydrogen) atoms. The molecule has 0 spiro atoms. The lowest BCUT2D eigenvalue weighted by Crippen LogP contribution is -2.45. The number of aromatic nitrogens is 2. The maximum Gasteiger partial charge on any atom is 0.291 e. The Labute approximate surface area is 193 Å². The van der Waals surface area contributed by atoms with Crippen molar-refractivity contribution in [3.05, 3.63) is 84.1 Å². The highest BCUT2D eigenvalue weighted by atomic mass is 16.3. The third-order valence-corrected chi connectivity index (χ3v) is 6.23. The minimum Gasteiger partial charge on any atom is -0.459 e. The molecular weight excluding hydrogens is 414 g/mol. The molecule has 0 bridgehead atoms. The van der Waals surface area contributed by atoms with Crippen LogP contribution in [0, 0.1) is 0 Å². The predicted octanol–water partition coefficient (Wildman–Crippen LogP) is 4.22. The number of piperazine rings is 1. The van der Waals surface area contributed by atoms with Crippen LogP contribution >= 0.6 is 0 Å². The summed E-state index contributed by atoms with van der Waals surface area (Å²) in [4.78, 5) is 22.2. The fourth-order valence-corrected chi connectivity index (χ4v) is 4.48. The number of nitrogens with zero attached hydrogens (tertiary/aromatic N) is 4. The van der Waals surface area contributed by atoms with Crippen LogP contribution in [-0.4, -0.2) is 51.4 Å². The molecule has 1 N–H and O–H groups in total. The van der Waals surface area contributed by atoms with Crippen LogP contribution in [0.25, 0.3) is 11.0 Å².